The van der Waals surface area contributed by atoms with E-state index in [1.54, 1.807) is 0 Å². The molecule has 2 aromatic carbocycles. The maximum Gasteiger partial charge on any atom is 0.257 e. The van der Waals surface area contributed by atoms with Crippen LogP contribution < -0.4 is 0 Å². The lowest BCUT2D eigenvalue weighted by Gasteiger charge is -2.16. The Kier molecular flexibility index (Phi) is 4.99. The zero-order valence-corrected chi connectivity index (χ0v) is 16.6. The molecule has 1 aliphatic heterocycles. The minimum Gasteiger partial charge on any atom is -0.338 e. The molecular formula is C23H25N3O2. The van der Waals surface area contributed by atoms with Crippen molar-refractivity contribution >= 4 is 5.91 Å². The SMILES string of the molecule is CCc1ccc(CN2CC(c3noc(-c4ccc(C)c(C)c4)n3)CC2=O)cc1. The number of rotatable bonds is 5. The largest absolute Gasteiger partial charge is 0.338 e. The topological polar surface area (TPSA) is 59.2 Å². The second-order valence-corrected chi connectivity index (χ2v) is 7.60. The molecule has 4 rings (SSSR count). The van der Waals surface area contributed by atoms with Crippen molar-refractivity contribution in [3.63, 3.8) is 0 Å². The number of carbonyl (C=O) groups is 1. The van der Waals surface area contributed by atoms with Gasteiger partial charge in [-0.2, -0.15) is 4.98 Å². The van der Waals surface area contributed by atoms with Gasteiger partial charge in [-0.05, 0) is 54.7 Å². The summed E-state index contributed by atoms with van der Waals surface area (Å²) in [6.07, 6.45) is 1.45. The van der Waals surface area contributed by atoms with E-state index in [1.807, 2.05) is 11.0 Å². The van der Waals surface area contributed by atoms with Gasteiger partial charge in [0.15, 0.2) is 5.82 Å². The van der Waals surface area contributed by atoms with Crippen molar-refractivity contribution < 1.29 is 9.32 Å². The average Bonchev–Trinajstić information content (AvgIpc) is 3.32. The number of aryl methyl sites for hydroxylation is 3. The summed E-state index contributed by atoms with van der Waals surface area (Å²) in [4.78, 5) is 18.9. The van der Waals surface area contributed by atoms with Crippen LogP contribution in [0.5, 0.6) is 0 Å². The van der Waals surface area contributed by atoms with Gasteiger partial charge in [-0.15, -0.1) is 0 Å². The lowest BCUT2D eigenvalue weighted by Crippen LogP contribution is -2.24. The third kappa shape index (κ3) is 3.70. The van der Waals surface area contributed by atoms with E-state index in [0.29, 0.717) is 31.2 Å². The Balaban J connectivity index is 1.46. The van der Waals surface area contributed by atoms with E-state index in [2.05, 4.69) is 67.3 Å². The fourth-order valence-corrected chi connectivity index (χ4v) is 3.59. The second-order valence-electron chi connectivity index (χ2n) is 7.60. The number of hydrogen-bond donors (Lipinski definition) is 0. The van der Waals surface area contributed by atoms with Crippen LogP contribution >= 0.6 is 0 Å². The molecule has 0 spiro atoms. The van der Waals surface area contributed by atoms with Crippen molar-refractivity contribution in [2.75, 3.05) is 6.54 Å². The van der Waals surface area contributed by atoms with Gasteiger partial charge >= 0.3 is 0 Å². The Morgan fingerprint density at radius 3 is 2.54 bits per heavy atom. The van der Waals surface area contributed by atoms with Gasteiger partial charge in [0.2, 0.25) is 5.91 Å². The van der Waals surface area contributed by atoms with E-state index in [0.717, 1.165) is 17.5 Å². The van der Waals surface area contributed by atoms with Crippen LogP contribution in [0.15, 0.2) is 47.0 Å². The maximum atomic E-state index is 12.5. The number of aromatic nitrogens is 2. The number of carbonyl (C=O) groups excluding carboxylic acids is 1. The first-order valence-corrected chi connectivity index (χ1v) is 9.80. The third-order valence-electron chi connectivity index (χ3n) is 5.58. The highest BCUT2D eigenvalue weighted by Crippen LogP contribution is 2.29. The fourth-order valence-electron chi connectivity index (χ4n) is 3.59. The molecule has 144 valence electrons. The lowest BCUT2D eigenvalue weighted by atomic mass is 10.1. The predicted molar refractivity (Wildman–Crippen MR) is 108 cm³/mol. The molecule has 1 aromatic heterocycles. The average molecular weight is 375 g/mol. The predicted octanol–water partition coefficient (Wildman–Crippen LogP) is 4.43. The van der Waals surface area contributed by atoms with Gasteiger partial charge in [0.25, 0.3) is 5.89 Å². The Hall–Kier alpha value is -2.95. The van der Waals surface area contributed by atoms with Crippen LogP contribution in [0.3, 0.4) is 0 Å². The van der Waals surface area contributed by atoms with Crippen LogP contribution in [0.2, 0.25) is 0 Å². The van der Waals surface area contributed by atoms with Crippen LogP contribution in [0.4, 0.5) is 0 Å². The number of amides is 1. The van der Waals surface area contributed by atoms with E-state index < -0.39 is 0 Å². The quantitative estimate of drug-likeness (QED) is 0.662. The minimum atomic E-state index is -0.0218. The molecule has 1 aliphatic rings. The highest BCUT2D eigenvalue weighted by Gasteiger charge is 2.33. The Bertz CT molecular complexity index is 991. The first kappa shape index (κ1) is 18.4. The summed E-state index contributed by atoms with van der Waals surface area (Å²) in [5, 5.41) is 4.16. The highest BCUT2D eigenvalue weighted by molar-refractivity contribution is 5.79. The monoisotopic (exact) mass is 375 g/mol. The van der Waals surface area contributed by atoms with Gasteiger partial charge in [-0.1, -0.05) is 42.4 Å². The summed E-state index contributed by atoms with van der Waals surface area (Å²) in [6, 6.07) is 14.6. The van der Waals surface area contributed by atoms with Crippen LogP contribution in [0, 0.1) is 13.8 Å². The molecule has 0 bridgehead atoms. The Morgan fingerprint density at radius 2 is 1.82 bits per heavy atom. The fraction of sp³-hybridized carbons (Fsp3) is 0.348. The van der Waals surface area contributed by atoms with Gasteiger partial charge in [0.05, 0.1) is 0 Å². The highest BCUT2D eigenvalue weighted by atomic mass is 16.5. The standard InChI is InChI=1S/C23H25N3O2/c1-4-17-6-8-18(9-7-17)13-26-14-20(12-21(26)27)22-24-23(28-25-22)19-10-5-15(2)16(3)11-19/h5-11,20H,4,12-14H2,1-3H3. The summed E-state index contributed by atoms with van der Waals surface area (Å²) >= 11 is 0. The first-order chi connectivity index (χ1) is 13.5. The van der Waals surface area contributed by atoms with Gasteiger partial charge in [0.1, 0.15) is 0 Å². The van der Waals surface area contributed by atoms with E-state index in [9.17, 15) is 4.79 Å². The van der Waals surface area contributed by atoms with Crippen molar-refractivity contribution in [2.45, 2.75) is 46.1 Å². The van der Waals surface area contributed by atoms with E-state index in [1.165, 1.54) is 16.7 Å². The molecule has 5 heteroatoms. The van der Waals surface area contributed by atoms with Crippen LogP contribution in [-0.4, -0.2) is 27.5 Å². The molecule has 0 saturated carbocycles. The van der Waals surface area contributed by atoms with Gasteiger partial charge < -0.3 is 9.42 Å². The zero-order chi connectivity index (χ0) is 19.7. The molecule has 1 amide bonds. The molecular weight excluding hydrogens is 350 g/mol. The maximum absolute atomic E-state index is 12.5. The first-order valence-electron chi connectivity index (χ1n) is 9.80. The summed E-state index contributed by atoms with van der Waals surface area (Å²) in [5.41, 5.74) is 5.79. The lowest BCUT2D eigenvalue weighted by molar-refractivity contribution is -0.128. The van der Waals surface area contributed by atoms with Gasteiger partial charge in [0, 0.05) is 31.0 Å². The van der Waals surface area contributed by atoms with E-state index in [4.69, 9.17) is 4.52 Å². The van der Waals surface area contributed by atoms with E-state index in [-0.39, 0.29) is 11.8 Å². The molecule has 28 heavy (non-hydrogen) atoms. The molecule has 1 saturated heterocycles. The van der Waals surface area contributed by atoms with Crippen LogP contribution in [-0.2, 0) is 17.8 Å². The van der Waals surface area contributed by atoms with Crippen molar-refractivity contribution in [1.29, 1.82) is 0 Å². The molecule has 0 aliphatic carbocycles. The van der Waals surface area contributed by atoms with Gasteiger partial charge in [-0.3, -0.25) is 4.79 Å². The zero-order valence-electron chi connectivity index (χ0n) is 16.6. The normalized spacial score (nSPS) is 16.8. The van der Waals surface area contributed by atoms with Crippen LogP contribution in [0.1, 0.15) is 47.3 Å². The Labute approximate surface area is 165 Å². The third-order valence-corrected chi connectivity index (χ3v) is 5.58. The number of benzene rings is 2. The number of nitrogens with zero attached hydrogens (tertiary/aromatic N) is 3. The summed E-state index contributed by atoms with van der Waals surface area (Å²) in [5.74, 6) is 1.25. The van der Waals surface area contributed by atoms with Crippen LogP contribution in [0.25, 0.3) is 11.5 Å². The summed E-state index contributed by atoms with van der Waals surface area (Å²) in [6.45, 7) is 7.53. The molecule has 3 aromatic rings. The minimum absolute atomic E-state index is 0.0218. The molecule has 1 unspecified atom stereocenters. The smallest absolute Gasteiger partial charge is 0.257 e. The Morgan fingerprint density at radius 1 is 1.07 bits per heavy atom. The summed E-state index contributed by atoms with van der Waals surface area (Å²) < 4.78 is 5.48. The van der Waals surface area contributed by atoms with Crippen molar-refractivity contribution in [2.24, 2.45) is 0 Å². The summed E-state index contributed by atoms with van der Waals surface area (Å²) in [7, 11) is 0. The number of hydrogen-bond acceptors (Lipinski definition) is 4. The molecule has 0 radical (unpaired) electrons. The van der Waals surface area contributed by atoms with Crippen molar-refractivity contribution in [1.82, 2.24) is 15.0 Å². The second kappa shape index (κ2) is 7.58. The van der Waals surface area contributed by atoms with E-state index >= 15 is 0 Å². The number of likely N-dealkylation sites (tertiary alicyclic amines) is 1. The van der Waals surface area contributed by atoms with Gasteiger partial charge in [-0.25, -0.2) is 0 Å². The van der Waals surface area contributed by atoms with Crippen molar-refractivity contribution in [3.8, 4) is 11.5 Å². The molecule has 1 atom stereocenters. The molecule has 2 heterocycles. The molecule has 0 N–H and O–H groups in total. The van der Waals surface area contributed by atoms with Crippen molar-refractivity contribution in [3.05, 3.63) is 70.5 Å². The molecule has 1 fully saturated rings. The molecule has 5 nitrogen and oxygen atoms in total.